The van der Waals surface area contributed by atoms with E-state index in [0.717, 1.165) is 6.26 Å². The fourth-order valence-electron chi connectivity index (χ4n) is 1.78. The third kappa shape index (κ3) is 4.14. The number of amides is 2. The summed E-state index contributed by atoms with van der Waals surface area (Å²) in [5.41, 5.74) is 0.503. The molecule has 0 fully saturated rings. The number of nitrogens with one attached hydrogen (secondary N) is 2. The molecule has 0 aliphatic heterocycles. The minimum absolute atomic E-state index is 0.110. The maximum Gasteiger partial charge on any atom is 0.258 e. The molecule has 0 saturated heterocycles. The number of hydrogen-bond donors (Lipinski definition) is 3. The number of benzene rings is 1. The average molecular weight is 378 g/mol. The van der Waals surface area contributed by atoms with Gasteiger partial charge in [-0.15, -0.1) is 0 Å². The van der Waals surface area contributed by atoms with Gasteiger partial charge in [-0.05, 0) is 26.0 Å². The van der Waals surface area contributed by atoms with E-state index < -0.39 is 26.4 Å². The molecule has 2 amide bonds. The molecular formula is C16H18N4O5S. The number of aromatic hydroxyl groups is 1. The third-order valence-corrected chi connectivity index (χ3v) is 5.84. The van der Waals surface area contributed by atoms with Crippen molar-refractivity contribution in [1.82, 2.24) is 9.97 Å². The minimum Gasteiger partial charge on any atom is -0.506 e. The molecule has 1 heterocycles. The summed E-state index contributed by atoms with van der Waals surface area (Å²) in [6.07, 6.45) is 4.89. The molecule has 2 aromatic rings. The number of nitrogens with zero attached hydrogens (tertiary/aromatic N) is 2. The quantitative estimate of drug-likeness (QED) is 0.664. The van der Waals surface area contributed by atoms with Crippen LogP contribution in [0.4, 0.5) is 11.4 Å². The average Bonchev–Trinajstić information content (AvgIpc) is 2.57. The maximum atomic E-state index is 12.2. The van der Waals surface area contributed by atoms with E-state index >= 15 is 0 Å². The molecule has 0 unspecified atom stereocenters. The summed E-state index contributed by atoms with van der Waals surface area (Å²) in [4.78, 5) is 31.7. The number of hydrogen-bond acceptors (Lipinski definition) is 7. The van der Waals surface area contributed by atoms with Gasteiger partial charge in [0.1, 0.15) is 16.8 Å². The Morgan fingerprint density at radius 3 is 2.27 bits per heavy atom. The predicted molar refractivity (Wildman–Crippen MR) is 95.6 cm³/mol. The third-order valence-electron chi connectivity index (χ3n) is 3.80. The van der Waals surface area contributed by atoms with Gasteiger partial charge in [-0.25, -0.2) is 18.4 Å². The Balaban J connectivity index is 2.15. The normalized spacial score (nSPS) is 11.7. The monoisotopic (exact) mass is 378 g/mol. The molecule has 0 aliphatic rings. The lowest BCUT2D eigenvalue weighted by Crippen LogP contribution is -2.43. The smallest absolute Gasteiger partial charge is 0.258 e. The fourth-order valence-corrected chi connectivity index (χ4v) is 2.16. The Hall–Kier alpha value is -3.01. The fraction of sp³-hybridized carbons (Fsp3) is 0.250. The van der Waals surface area contributed by atoms with Crippen molar-refractivity contribution in [2.24, 2.45) is 0 Å². The zero-order valence-corrected chi connectivity index (χ0v) is 15.2. The highest BCUT2D eigenvalue weighted by molar-refractivity contribution is 7.92. The first kappa shape index (κ1) is 19.3. The van der Waals surface area contributed by atoms with Gasteiger partial charge in [-0.3, -0.25) is 9.59 Å². The molecule has 2 rings (SSSR count). The van der Waals surface area contributed by atoms with E-state index in [1.54, 1.807) is 0 Å². The standard InChI is InChI=1S/C16H18N4O5S/c1-16(2,26(3,24)25)15(23)19-11-4-5-12(13(21)6-11)20-14(22)10-7-17-9-18-8-10/h4-9,21H,1-3H3,(H,19,23)(H,20,22). The van der Waals surface area contributed by atoms with E-state index in [-0.39, 0.29) is 22.7 Å². The van der Waals surface area contributed by atoms with Crippen LogP contribution in [0.5, 0.6) is 5.75 Å². The lowest BCUT2D eigenvalue weighted by molar-refractivity contribution is -0.117. The summed E-state index contributed by atoms with van der Waals surface area (Å²) in [5.74, 6) is -1.56. The van der Waals surface area contributed by atoms with Crippen molar-refractivity contribution in [3.05, 3.63) is 42.5 Å². The lowest BCUT2D eigenvalue weighted by atomic mass is 10.1. The summed E-state index contributed by atoms with van der Waals surface area (Å²) < 4.78 is 21.8. The number of phenolic OH excluding ortho intramolecular Hbond substituents is 1. The Labute approximate surface area is 150 Å². The van der Waals surface area contributed by atoms with Crippen LogP contribution in [0.25, 0.3) is 0 Å². The SMILES string of the molecule is CC(C)(C(=O)Nc1ccc(NC(=O)c2cncnc2)c(O)c1)S(C)(=O)=O. The van der Waals surface area contributed by atoms with Crippen molar-refractivity contribution in [2.45, 2.75) is 18.6 Å². The van der Waals surface area contributed by atoms with Crippen molar-refractivity contribution in [2.75, 3.05) is 16.9 Å². The van der Waals surface area contributed by atoms with E-state index in [1.807, 2.05) is 0 Å². The minimum atomic E-state index is -3.63. The zero-order chi connectivity index (χ0) is 19.5. The number of rotatable bonds is 5. The predicted octanol–water partition coefficient (Wildman–Crippen LogP) is 1.20. The van der Waals surface area contributed by atoms with E-state index in [4.69, 9.17) is 0 Å². The first-order valence-electron chi connectivity index (χ1n) is 7.43. The number of sulfone groups is 1. The van der Waals surface area contributed by atoms with E-state index in [9.17, 15) is 23.1 Å². The molecule has 0 radical (unpaired) electrons. The second-order valence-corrected chi connectivity index (χ2v) is 8.61. The second-order valence-electron chi connectivity index (χ2n) is 6.05. The van der Waals surface area contributed by atoms with Crippen LogP contribution >= 0.6 is 0 Å². The zero-order valence-electron chi connectivity index (χ0n) is 14.3. The number of carbonyl (C=O) groups is 2. The molecular weight excluding hydrogens is 360 g/mol. The molecule has 0 spiro atoms. The molecule has 1 aromatic heterocycles. The molecule has 138 valence electrons. The Morgan fingerprint density at radius 2 is 1.73 bits per heavy atom. The molecule has 0 atom stereocenters. The van der Waals surface area contributed by atoms with Crippen LogP contribution in [-0.2, 0) is 14.6 Å². The van der Waals surface area contributed by atoms with Gasteiger partial charge in [0.2, 0.25) is 5.91 Å². The topological polar surface area (TPSA) is 138 Å². The van der Waals surface area contributed by atoms with Gasteiger partial charge < -0.3 is 15.7 Å². The summed E-state index contributed by atoms with van der Waals surface area (Å²) in [5, 5.41) is 15.0. The van der Waals surface area contributed by atoms with Gasteiger partial charge in [0.25, 0.3) is 5.91 Å². The highest BCUT2D eigenvalue weighted by Crippen LogP contribution is 2.28. The molecule has 0 saturated carbocycles. The maximum absolute atomic E-state index is 12.2. The van der Waals surface area contributed by atoms with E-state index in [0.29, 0.717) is 0 Å². The van der Waals surface area contributed by atoms with Gasteiger partial charge in [0.15, 0.2) is 9.84 Å². The van der Waals surface area contributed by atoms with Crippen LogP contribution in [0.15, 0.2) is 36.9 Å². The van der Waals surface area contributed by atoms with Crippen molar-refractivity contribution in [3.8, 4) is 5.75 Å². The van der Waals surface area contributed by atoms with Gasteiger partial charge in [0, 0.05) is 30.4 Å². The van der Waals surface area contributed by atoms with Crippen LogP contribution in [-0.4, -0.2) is 46.3 Å². The molecule has 0 aliphatic carbocycles. The Kier molecular flexibility index (Phi) is 5.26. The second kappa shape index (κ2) is 7.08. The molecule has 0 bridgehead atoms. The summed E-state index contributed by atoms with van der Waals surface area (Å²) in [6, 6.07) is 4.00. The summed E-state index contributed by atoms with van der Waals surface area (Å²) >= 11 is 0. The van der Waals surface area contributed by atoms with Crippen molar-refractivity contribution >= 4 is 33.0 Å². The highest BCUT2D eigenvalue weighted by Gasteiger charge is 2.38. The molecule has 10 heteroatoms. The van der Waals surface area contributed by atoms with Crippen LogP contribution < -0.4 is 10.6 Å². The van der Waals surface area contributed by atoms with E-state index in [2.05, 4.69) is 20.6 Å². The van der Waals surface area contributed by atoms with Gasteiger partial charge in [-0.1, -0.05) is 0 Å². The number of aromatic nitrogens is 2. The van der Waals surface area contributed by atoms with Crippen LogP contribution in [0.1, 0.15) is 24.2 Å². The molecule has 3 N–H and O–H groups in total. The summed E-state index contributed by atoms with van der Waals surface area (Å²) in [6.45, 7) is 2.57. The molecule has 9 nitrogen and oxygen atoms in total. The first-order chi connectivity index (χ1) is 12.0. The lowest BCUT2D eigenvalue weighted by Gasteiger charge is -2.21. The van der Waals surface area contributed by atoms with Crippen LogP contribution in [0.2, 0.25) is 0 Å². The van der Waals surface area contributed by atoms with E-state index in [1.165, 1.54) is 50.8 Å². The largest absolute Gasteiger partial charge is 0.506 e. The van der Waals surface area contributed by atoms with Crippen molar-refractivity contribution in [3.63, 3.8) is 0 Å². The van der Waals surface area contributed by atoms with Gasteiger partial charge in [-0.2, -0.15) is 0 Å². The van der Waals surface area contributed by atoms with Gasteiger partial charge in [0.05, 0.1) is 11.3 Å². The van der Waals surface area contributed by atoms with Crippen molar-refractivity contribution < 1.29 is 23.1 Å². The highest BCUT2D eigenvalue weighted by atomic mass is 32.2. The Bertz CT molecular complexity index is 942. The molecule has 1 aromatic carbocycles. The van der Waals surface area contributed by atoms with Gasteiger partial charge >= 0.3 is 0 Å². The number of anilines is 2. The number of phenols is 1. The Morgan fingerprint density at radius 1 is 1.12 bits per heavy atom. The first-order valence-corrected chi connectivity index (χ1v) is 9.32. The molecule has 26 heavy (non-hydrogen) atoms. The summed E-state index contributed by atoms with van der Waals surface area (Å²) in [7, 11) is -3.63. The van der Waals surface area contributed by atoms with Crippen LogP contribution in [0, 0.1) is 0 Å². The van der Waals surface area contributed by atoms with Crippen molar-refractivity contribution in [1.29, 1.82) is 0 Å². The number of carbonyl (C=O) groups excluding carboxylic acids is 2. The van der Waals surface area contributed by atoms with Crippen LogP contribution in [0.3, 0.4) is 0 Å².